The maximum absolute atomic E-state index is 5.91. The van der Waals surface area contributed by atoms with E-state index in [1.54, 1.807) is 0 Å². The monoisotopic (exact) mass is 325 g/mol. The van der Waals surface area contributed by atoms with Crippen LogP contribution in [0.2, 0.25) is 0 Å². The van der Waals surface area contributed by atoms with Gasteiger partial charge in [0.15, 0.2) is 0 Å². The number of benzene rings is 1. The summed E-state index contributed by atoms with van der Waals surface area (Å²) in [7, 11) is 2.22. The van der Waals surface area contributed by atoms with E-state index < -0.39 is 0 Å². The second-order valence-corrected chi connectivity index (χ2v) is 6.35. The second-order valence-electron chi connectivity index (χ2n) is 5.50. The summed E-state index contributed by atoms with van der Waals surface area (Å²) < 4.78 is 1.16. The van der Waals surface area contributed by atoms with Crippen LogP contribution in [0.25, 0.3) is 0 Å². The topological polar surface area (TPSA) is 32.5 Å². The molecule has 3 nitrogen and oxygen atoms in total. The van der Waals surface area contributed by atoms with Crippen LogP contribution in [0.5, 0.6) is 0 Å². The Morgan fingerprint density at radius 3 is 2.89 bits per heavy atom. The van der Waals surface area contributed by atoms with Gasteiger partial charge in [-0.3, -0.25) is 4.90 Å². The zero-order chi connectivity index (χ0) is 13.8. The first kappa shape index (κ1) is 14.8. The molecule has 1 heterocycles. The van der Waals surface area contributed by atoms with Crippen molar-refractivity contribution in [1.82, 2.24) is 9.80 Å². The van der Waals surface area contributed by atoms with E-state index in [1.165, 1.54) is 31.5 Å². The number of nitrogen functional groups attached to an aromatic ring is 1. The SMILES string of the molecule is CCC1CN(C)CCCN1Cc1cc(N)ccc1Br. The lowest BCUT2D eigenvalue weighted by molar-refractivity contribution is 0.175. The second kappa shape index (κ2) is 6.73. The van der Waals surface area contributed by atoms with Crippen molar-refractivity contribution in [2.45, 2.75) is 32.4 Å². The zero-order valence-corrected chi connectivity index (χ0v) is 13.5. The molecule has 1 aromatic rings. The standard InChI is InChI=1S/C15H24BrN3/c1-3-14-11-18(2)7-4-8-19(14)10-12-9-13(17)5-6-15(12)16/h5-6,9,14H,3-4,7-8,10-11,17H2,1-2H3. The van der Waals surface area contributed by atoms with E-state index in [0.29, 0.717) is 6.04 Å². The van der Waals surface area contributed by atoms with Gasteiger partial charge in [-0.1, -0.05) is 22.9 Å². The van der Waals surface area contributed by atoms with Gasteiger partial charge in [0.1, 0.15) is 0 Å². The van der Waals surface area contributed by atoms with Crippen molar-refractivity contribution in [2.75, 3.05) is 32.4 Å². The van der Waals surface area contributed by atoms with E-state index >= 15 is 0 Å². The van der Waals surface area contributed by atoms with Gasteiger partial charge in [-0.2, -0.15) is 0 Å². The summed E-state index contributed by atoms with van der Waals surface area (Å²) in [6.45, 7) is 6.80. The summed E-state index contributed by atoms with van der Waals surface area (Å²) >= 11 is 3.64. The number of likely N-dealkylation sites (N-methyl/N-ethyl adjacent to an activating group) is 1. The number of nitrogens with two attached hydrogens (primary N) is 1. The molecule has 1 atom stereocenters. The molecule has 1 saturated heterocycles. The van der Waals surface area contributed by atoms with E-state index in [4.69, 9.17) is 5.73 Å². The van der Waals surface area contributed by atoms with Gasteiger partial charge >= 0.3 is 0 Å². The Hall–Kier alpha value is -0.580. The van der Waals surface area contributed by atoms with E-state index in [9.17, 15) is 0 Å². The molecule has 4 heteroatoms. The molecule has 0 radical (unpaired) electrons. The predicted octanol–water partition coefficient (Wildman–Crippen LogP) is 2.95. The number of anilines is 1. The van der Waals surface area contributed by atoms with Crippen molar-refractivity contribution in [3.63, 3.8) is 0 Å². The lowest BCUT2D eigenvalue weighted by Crippen LogP contribution is -2.39. The van der Waals surface area contributed by atoms with Crippen LogP contribution >= 0.6 is 15.9 Å². The van der Waals surface area contributed by atoms with Crippen LogP contribution in [0.4, 0.5) is 5.69 Å². The summed E-state index contributed by atoms with van der Waals surface area (Å²) in [5.74, 6) is 0. The van der Waals surface area contributed by atoms with E-state index in [-0.39, 0.29) is 0 Å². The average Bonchev–Trinajstić information content (AvgIpc) is 2.55. The third-order valence-corrected chi connectivity index (χ3v) is 4.71. The lowest BCUT2D eigenvalue weighted by Gasteiger charge is -2.30. The van der Waals surface area contributed by atoms with Crippen molar-refractivity contribution in [2.24, 2.45) is 0 Å². The Labute approximate surface area is 124 Å². The maximum Gasteiger partial charge on any atom is 0.0318 e. The molecule has 1 aliphatic heterocycles. The number of hydrogen-bond acceptors (Lipinski definition) is 3. The van der Waals surface area contributed by atoms with Gasteiger partial charge in [0.2, 0.25) is 0 Å². The first-order valence-corrected chi connectivity index (χ1v) is 7.86. The molecule has 1 unspecified atom stereocenters. The minimum Gasteiger partial charge on any atom is -0.399 e. The number of nitrogens with zero attached hydrogens (tertiary/aromatic N) is 2. The normalized spacial score (nSPS) is 22.4. The highest BCUT2D eigenvalue weighted by molar-refractivity contribution is 9.10. The molecule has 2 rings (SSSR count). The molecule has 0 aliphatic carbocycles. The molecule has 19 heavy (non-hydrogen) atoms. The smallest absolute Gasteiger partial charge is 0.0318 e. The molecular formula is C15H24BrN3. The van der Waals surface area contributed by atoms with Crippen molar-refractivity contribution in [3.8, 4) is 0 Å². The summed E-state index contributed by atoms with van der Waals surface area (Å²) in [5.41, 5.74) is 8.05. The third-order valence-electron chi connectivity index (χ3n) is 3.94. The van der Waals surface area contributed by atoms with Crippen LogP contribution in [-0.4, -0.2) is 42.5 Å². The molecule has 1 aliphatic rings. The van der Waals surface area contributed by atoms with Crippen LogP contribution in [0.1, 0.15) is 25.3 Å². The molecule has 2 N–H and O–H groups in total. The molecule has 0 saturated carbocycles. The Balaban J connectivity index is 2.13. The molecule has 0 amide bonds. The van der Waals surface area contributed by atoms with Crippen molar-refractivity contribution < 1.29 is 0 Å². The van der Waals surface area contributed by atoms with Gasteiger partial charge in [0, 0.05) is 35.8 Å². The van der Waals surface area contributed by atoms with E-state index in [0.717, 1.165) is 23.2 Å². The van der Waals surface area contributed by atoms with Crippen LogP contribution in [-0.2, 0) is 6.54 Å². The number of hydrogen-bond donors (Lipinski definition) is 1. The number of halogens is 1. The van der Waals surface area contributed by atoms with Crippen LogP contribution in [0.15, 0.2) is 22.7 Å². The lowest BCUT2D eigenvalue weighted by atomic mass is 10.1. The van der Waals surface area contributed by atoms with E-state index in [2.05, 4.69) is 51.8 Å². The summed E-state index contributed by atoms with van der Waals surface area (Å²) in [4.78, 5) is 5.05. The van der Waals surface area contributed by atoms with Crippen LogP contribution in [0.3, 0.4) is 0 Å². The minimum absolute atomic E-state index is 0.640. The van der Waals surface area contributed by atoms with Gasteiger partial charge < -0.3 is 10.6 Å². The summed E-state index contributed by atoms with van der Waals surface area (Å²) in [6, 6.07) is 6.73. The quantitative estimate of drug-likeness (QED) is 0.867. The van der Waals surface area contributed by atoms with Crippen LogP contribution in [0, 0.1) is 0 Å². The fourth-order valence-electron chi connectivity index (χ4n) is 2.82. The molecule has 1 fully saturated rings. The highest BCUT2D eigenvalue weighted by Crippen LogP contribution is 2.23. The van der Waals surface area contributed by atoms with Gasteiger partial charge in [-0.05, 0) is 50.2 Å². The molecular weight excluding hydrogens is 302 g/mol. The molecule has 1 aromatic carbocycles. The highest BCUT2D eigenvalue weighted by atomic mass is 79.9. The average molecular weight is 326 g/mol. The van der Waals surface area contributed by atoms with Gasteiger partial charge in [-0.25, -0.2) is 0 Å². The Kier molecular flexibility index (Phi) is 5.25. The Bertz CT molecular complexity index is 422. The molecule has 106 valence electrons. The number of rotatable bonds is 3. The van der Waals surface area contributed by atoms with Crippen molar-refractivity contribution in [3.05, 3.63) is 28.2 Å². The van der Waals surface area contributed by atoms with Crippen LogP contribution < -0.4 is 5.73 Å². The van der Waals surface area contributed by atoms with Gasteiger partial charge in [-0.15, -0.1) is 0 Å². The summed E-state index contributed by atoms with van der Waals surface area (Å²) in [6.07, 6.45) is 2.44. The minimum atomic E-state index is 0.640. The third kappa shape index (κ3) is 3.94. The zero-order valence-electron chi connectivity index (χ0n) is 11.9. The largest absolute Gasteiger partial charge is 0.399 e. The predicted molar refractivity (Wildman–Crippen MR) is 85.2 cm³/mol. The molecule has 0 aromatic heterocycles. The van der Waals surface area contributed by atoms with Gasteiger partial charge in [0.25, 0.3) is 0 Å². The first-order chi connectivity index (χ1) is 9.10. The molecule has 0 bridgehead atoms. The van der Waals surface area contributed by atoms with Crippen molar-refractivity contribution >= 4 is 21.6 Å². The first-order valence-electron chi connectivity index (χ1n) is 7.06. The summed E-state index contributed by atoms with van der Waals surface area (Å²) in [5, 5.41) is 0. The Morgan fingerprint density at radius 1 is 1.37 bits per heavy atom. The fourth-order valence-corrected chi connectivity index (χ4v) is 3.19. The molecule has 0 spiro atoms. The van der Waals surface area contributed by atoms with Gasteiger partial charge in [0.05, 0.1) is 0 Å². The fraction of sp³-hybridized carbons (Fsp3) is 0.600. The Morgan fingerprint density at radius 2 is 2.16 bits per heavy atom. The van der Waals surface area contributed by atoms with Crippen molar-refractivity contribution in [1.29, 1.82) is 0 Å². The maximum atomic E-state index is 5.91. The highest BCUT2D eigenvalue weighted by Gasteiger charge is 2.22. The van der Waals surface area contributed by atoms with E-state index in [1.807, 2.05) is 6.07 Å².